The number of amides is 3. The van der Waals surface area contributed by atoms with E-state index in [1.54, 1.807) is 31.3 Å². The number of methoxy groups -OCH3 is 1. The fourth-order valence-corrected chi connectivity index (χ4v) is 4.33. The maximum atomic E-state index is 13.7. The first-order chi connectivity index (χ1) is 18.6. The van der Waals surface area contributed by atoms with Crippen molar-refractivity contribution in [1.82, 2.24) is 25.1 Å². The number of benzene rings is 2. The van der Waals surface area contributed by atoms with E-state index in [4.69, 9.17) is 21.0 Å². The van der Waals surface area contributed by atoms with Gasteiger partial charge in [-0.15, -0.1) is 0 Å². The standard InChI is InChI=1S/C26H28FN7O5/c1-13(26(37)33(2)39-4)34-23(28)20(24(29)35)22(32-34)16-7-5-14(21-17(16)9-10-30-21)12-31-25(36)18-11-15(27)6-8-19(18)38-3/h5-11,13,30H,12,28H2,1-4H3,(H2,29,35)(H,31,36). The number of anilines is 1. The van der Waals surface area contributed by atoms with Gasteiger partial charge in [0.05, 0.1) is 25.3 Å². The van der Waals surface area contributed by atoms with Crippen LogP contribution in [-0.4, -0.2) is 58.8 Å². The molecule has 0 aliphatic heterocycles. The van der Waals surface area contributed by atoms with Crippen LogP contribution in [0.5, 0.6) is 5.75 Å². The van der Waals surface area contributed by atoms with Crippen molar-refractivity contribution in [3.63, 3.8) is 0 Å². The highest BCUT2D eigenvalue weighted by Crippen LogP contribution is 2.35. The number of carbonyl (C=O) groups is 3. The van der Waals surface area contributed by atoms with Crippen LogP contribution in [0.4, 0.5) is 10.2 Å². The number of ether oxygens (including phenoxy) is 1. The topological polar surface area (TPSA) is 171 Å². The molecule has 4 rings (SSSR count). The fraction of sp³-hybridized carbons (Fsp3) is 0.231. The number of hydrogen-bond acceptors (Lipinski definition) is 7. The van der Waals surface area contributed by atoms with Gasteiger partial charge in [0.1, 0.15) is 34.7 Å². The smallest absolute Gasteiger partial charge is 0.270 e. The molecule has 4 aromatic rings. The summed E-state index contributed by atoms with van der Waals surface area (Å²) in [5, 5.41) is 8.97. The number of aromatic amines is 1. The number of H-pyrrole nitrogens is 1. The van der Waals surface area contributed by atoms with Crippen molar-refractivity contribution in [1.29, 1.82) is 0 Å². The molecule has 39 heavy (non-hydrogen) atoms. The lowest BCUT2D eigenvalue weighted by Gasteiger charge is -2.19. The number of halogens is 1. The summed E-state index contributed by atoms with van der Waals surface area (Å²) in [6, 6.07) is 8.03. The van der Waals surface area contributed by atoms with E-state index >= 15 is 0 Å². The second-order valence-corrected chi connectivity index (χ2v) is 8.68. The maximum absolute atomic E-state index is 13.7. The van der Waals surface area contributed by atoms with Crippen molar-refractivity contribution >= 4 is 34.4 Å². The summed E-state index contributed by atoms with van der Waals surface area (Å²) in [6.07, 6.45) is 1.69. The third-order valence-corrected chi connectivity index (χ3v) is 6.41. The Morgan fingerprint density at radius 2 is 1.95 bits per heavy atom. The zero-order chi connectivity index (χ0) is 28.4. The van der Waals surface area contributed by atoms with Crippen molar-refractivity contribution in [2.75, 3.05) is 27.0 Å². The molecule has 0 aliphatic carbocycles. The second kappa shape index (κ2) is 10.8. The van der Waals surface area contributed by atoms with Gasteiger partial charge in [0.25, 0.3) is 17.7 Å². The van der Waals surface area contributed by atoms with Gasteiger partial charge >= 0.3 is 0 Å². The average Bonchev–Trinajstić information content (AvgIpc) is 3.55. The predicted molar refractivity (Wildman–Crippen MR) is 141 cm³/mol. The van der Waals surface area contributed by atoms with Gasteiger partial charge < -0.3 is 26.5 Å². The Morgan fingerprint density at radius 3 is 2.62 bits per heavy atom. The molecule has 2 aromatic carbocycles. The molecule has 0 saturated heterocycles. The highest BCUT2D eigenvalue weighted by molar-refractivity contribution is 6.07. The number of aromatic nitrogens is 3. The molecule has 13 heteroatoms. The van der Waals surface area contributed by atoms with Gasteiger partial charge in [-0.3, -0.25) is 19.2 Å². The molecule has 2 heterocycles. The van der Waals surface area contributed by atoms with Crippen LogP contribution in [0.15, 0.2) is 42.6 Å². The number of likely N-dealkylation sites (N-methyl/N-ethyl adjacent to an activating group) is 1. The Bertz CT molecular complexity index is 1580. The summed E-state index contributed by atoms with van der Waals surface area (Å²) in [5.41, 5.74) is 14.0. The summed E-state index contributed by atoms with van der Waals surface area (Å²) >= 11 is 0. The van der Waals surface area contributed by atoms with Gasteiger partial charge in [0.2, 0.25) is 0 Å². The fourth-order valence-electron chi connectivity index (χ4n) is 4.33. The summed E-state index contributed by atoms with van der Waals surface area (Å²) in [5.74, 6) is -2.15. The largest absolute Gasteiger partial charge is 0.496 e. The molecule has 0 spiro atoms. The lowest BCUT2D eigenvalue weighted by atomic mass is 10.00. The highest BCUT2D eigenvalue weighted by Gasteiger charge is 2.29. The molecule has 0 bridgehead atoms. The Kier molecular flexibility index (Phi) is 7.54. The number of rotatable bonds is 9. The summed E-state index contributed by atoms with van der Waals surface area (Å²) in [4.78, 5) is 45.9. The van der Waals surface area contributed by atoms with Crippen molar-refractivity contribution in [3.8, 4) is 17.0 Å². The summed E-state index contributed by atoms with van der Waals surface area (Å²) in [7, 11) is 4.18. The zero-order valence-corrected chi connectivity index (χ0v) is 21.7. The number of nitrogens with zero attached hydrogens (tertiary/aromatic N) is 3. The lowest BCUT2D eigenvalue weighted by molar-refractivity contribution is -0.172. The van der Waals surface area contributed by atoms with E-state index in [1.807, 2.05) is 0 Å². The molecular weight excluding hydrogens is 509 g/mol. The van der Waals surface area contributed by atoms with Gasteiger partial charge in [-0.25, -0.2) is 14.1 Å². The van der Waals surface area contributed by atoms with Crippen LogP contribution in [0.1, 0.15) is 39.2 Å². The monoisotopic (exact) mass is 537 g/mol. The Balaban J connectivity index is 1.70. The first-order valence-corrected chi connectivity index (χ1v) is 11.8. The van der Waals surface area contributed by atoms with Gasteiger partial charge in [-0.2, -0.15) is 5.10 Å². The normalized spacial score (nSPS) is 11.8. The number of hydrogen-bond donors (Lipinski definition) is 4. The number of fused-ring (bicyclic) bond motifs is 1. The van der Waals surface area contributed by atoms with Gasteiger partial charge in [-0.1, -0.05) is 12.1 Å². The molecule has 0 fully saturated rings. The molecule has 1 unspecified atom stereocenters. The number of nitrogens with one attached hydrogen (secondary N) is 2. The Labute approximate surface area is 222 Å². The molecule has 204 valence electrons. The predicted octanol–water partition coefficient (Wildman–Crippen LogP) is 2.37. The van der Waals surface area contributed by atoms with Crippen molar-refractivity contribution in [2.24, 2.45) is 5.73 Å². The minimum absolute atomic E-state index is 0.0310. The maximum Gasteiger partial charge on any atom is 0.270 e. The molecule has 0 radical (unpaired) electrons. The number of hydroxylamine groups is 2. The second-order valence-electron chi connectivity index (χ2n) is 8.68. The van der Waals surface area contributed by atoms with E-state index in [-0.39, 0.29) is 34.9 Å². The summed E-state index contributed by atoms with van der Waals surface area (Å²) < 4.78 is 20.1. The van der Waals surface area contributed by atoms with Crippen LogP contribution in [-0.2, 0) is 16.2 Å². The molecule has 0 aliphatic rings. The molecule has 6 N–H and O–H groups in total. The van der Waals surface area contributed by atoms with Crippen molar-refractivity contribution in [3.05, 3.63) is 65.1 Å². The van der Waals surface area contributed by atoms with E-state index in [0.29, 0.717) is 22.0 Å². The van der Waals surface area contributed by atoms with E-state index in [9.17, 15) is 18.8 Å². The van der Waals surface area contributed by atoms with Crippen LogP contribution in [0.2, 0.25) is 0 Å². The van der Waals surface area contributed by atoms with E-state index < -0.39 is 29.6 Å². The molecule has 12 nitrogen and oxygen atoms in total. The minimum Gasteiger partial charge on any atom is -0.496 e. The highest BCUT2D eigenvalue weighted by atomic mass is 19.1. The van der Waals surface area contributed by atoms with Crippen LogP contribution < -0.4 is 21.5 Å². The van der Waals surface area contributed by atoms with Crippen molar-refractivity contribution < 1.29 is 28.3 Å². The minimum atomic E-state index is -0.891. The third kappa shape index (κ3) is 4.99. The van der Waals surface area contributed by atoms with Crippen LogP contribution in [0.3, 0.4) is 0 Å². The van der Waals surface area contributed by atoms with Gasteiger partial charge in [0.15, 0.2) is 0 Å². The summed E-state index contributed by atoms with van der Waals surface area (Å²) in [6.45, 7) is 1.67. The Hall–Kier alpha value is -4.91. The SMILES string of the molecule is COc1ccc(F)cc1C(=O)NCc1ccc(-c2nn(C(C)C(=O)N(C)OC)c(N)c2C(N)=O)c2cc[nH]c12. The molecule has 2 aromatic heterocycles. The van der Waals surface area contributed by atoms with E-state index in [2.05, 4.69) is 15.4 Å². The zero-order valence-electron chi connectivity index (χ0n) is 21.7. The first kappa shape index (κ1) is 27.1. The quantitative estimate of drug-likeness (QED) is 0.237. The first-order valence-electron chi connectivity index (χ1n) is 11.8. The van der Waals surface area contributed by atoms with Crippen molar-refractivity contribution in [2.45, 2.75) is 19.5 Å². The van der Waals surface area contributed by atoms with E-state index in [0.717, 1.165) is 11.1 Å². The van der Waals surface area contributed by atoms with Gasteiger partial charge in [-0.05, 0) is 36.8 Å². The molecule has 3 amide bonds. The van der Waals surface area contributed by atoms with E-state index in [1.165, 1.54) is 38.1 Å². The number of carbonyl (C=O) groups excluding carboxylic acids is 3. The van der Waals surface area contributed by atoms with Crippen LogP contribution in [0.25, 0.3) is 22.2 Å². The average molecular weight is 538 g/mol. The molecular formula is C26H28FN7O5. The number of nitrogens with two attached hydrogens (primary N) is 2. The van der Waals surface area contributed by atoms with Crippen LogP contribution >= 0.6 is 0 Å². The number of nitrogen functional groups attached to an aromatic ring is 1. The number of primary amides is 1. The lowest BCUT2D eigenvalue weighted by Crippen LogP contribution is -2.33. The van der Waals surface area contributed by atoms with Gasteiger partial charge in [0, 0.05) is 30.7 Å². The van der Waals surface area contributed by atoms with Crippen LogP contribution in [0, 0.1) is 5.82 Å². The molecule has 1 atom stereocenters. The molecule has 0 saturated carbocycles. The third-order valence-electron chi connectivity index (χ3n) is 6.41. The Morgan fingerprint density at radius 1 is 1.21 bits per heavy atom.